The van der Waals surface area contributed by atoms with E-state index in [0.29, 0.717) is 38.2 Å². The Labute approximate surface area is 213 Å². The minimum atomic E-state index is -0.721. The van der Waals surface area contributed by atoms with Crippen LogP contribution in [0.25, 0.3) is 0 Å². The van der Waals surface area contributed by atoms with E-state index >= 15 is 0 Å². The predicted octanol–water partition coefficient (Wildman–Crippen LogP) is 4.55. The van der Waals surface area contributed by atoms with E-state index in [1.54, 1.807) is 4.90 Å². The monoisotopic (exact) mass is 503 g/mol. The number of nitrogens with one attached hydrogen (secondary N) is 2. The van der Waals surface area contributed by atoms with Crippen LogP contribution in [0.1, 0.15) is 72.6 Å². The standard InChI is InChI=1S/C26H41N5O5/c1-5-7-8-9-10-11-23(32)30-17-16-29(18-20(30)4)25(33)24(19(3)6-2)28-26(34)27-21-12-14-22(15-13-21)31(35)36/h12-15,19-20,24H,5-11,16-18H2,1-4H3,(H2,27,28,34). The molecule has 1 saturated heterocycles. The maximum atomic E-state index is 13.4. The molecule has 0 aromatic heterocycles. The van der Waals surface area contributed by atoms with Crippen molar-refractivity contribution in [2.75, 3.05) is 25.0 Å². The molecule has 200 valence electrons. The van der Waals surface area contributed by atoms with Gasteiger partial charge in [-0.05, 0) is 31.4 Å². The zero-order valence-corrected chi connectivity index (χ0v) is 22.0. The molecule has 1 heterocycles. The normalized spacial score (nSPS) is 17.3. The van der Waals surface area contributed by atoms with Crippen LogP contribution in [-0.4, -0.2) is 64.3 Å². The Morgan fingerprint density at radius 3 is 2.33 bits per heavy atom. The van der Waals surface area contributed by atoms with E-state index in [1.807, 2.05) is 25.7 Å². The lowest BCUT2D eigenvalue weighted by atomic mass is 9.97. The van der Waals surface area contributed by atoms with Crippen LogP contribution in [0.5, 0.6) is 0 Å². The van der Waals surface area contributed by atoms with Crippen molar-refractivity contribution in [3.05, 3.63) is 34.4 Å². The molecule has 10 nitrogen and oxygen atoms in total. The highest BCUT2D eigenvalue weighted by Crippen LogP contribution is 2.19. The topological polar surface area (TPSA) is 125 Å². The van der Waals surface area contributed by atoms with E-state index in [9.17, 15) is 24.5 Å². The Bertz CT molecular complexity index is 891. The van der Waals surface area contributed by atoms with Crippen molar-refractivity contribution in [1.82, 2.24) is 15.1 Å². The minimum absolute atomic E-state index is 0.0724. The highest BCUT2D eigenvalue weighted by Gasteiger charge is 2.35. The second-order valence-corrected chi connectivity index (χ2v) is 9.65. The summed E-state index contributed by atoms with van der Waals surface area (Å²) in [6.07, 6.45) is 6.73. The van der Waals surface area contributed by atoms with Gasteiger partial charge >= 0.3 is 6.03 Å². The lowest BCUT2D eigenvalue weighted by molar-refractivity contribution is -0.384. The highest BCUT2D eigenvalue weighted by atomic mass is 16.6. The van der Waals surface area contributed by atoms with Crippen molar-refractivity contribution in [3.8, 4) is 0 Å². The van der Waals surface area contributed by atoms with Gasteiger partial charge < -0.3 is 20.4 Å². The van der Waals surface area contributed by atoms with Crippen molar-refractivity contribution in [1.29, 1.82) is 0 Å². The van der Waals surface area contributed by atoms with Gasteiger partial charge in [-0.15, -0.1) is 0 Å². The van der Waals surface area contributed by atoms with Crippen LogP contribution in [0.3, 0.4) is 0 Å². The maximum absolute atomic E-state index is 13.4. The highest BCUT2D eigenvalue weighted by molar-refractivity contribution is 5.94. The molecule has 0 radical (unpaired) electrons. The predicted molar refractivity (Wildman–Crippen MR) is 140 cm³/mol. The molecule has 1 aromatic rings. The first-order valence-corrected chi connectivity index (χ1v) is 13.1. The van der Waals surface area contributed by atoms with E-state index in [1.165, 1.54) is 37.1 Å². The Hall–Kier alpha value is -3.17. The number of rotatable bonds is 12. The summed E-state index contributed by atoms with van der Waals surface area (Å²) < 4.78 is 0. The number of piperazine rings is 1. The smallest absolute Gasteiger partial charge is 0.319 e. The molecule has 0 spiro atoms. The van der Waals surface area contributed by atoms with Gasteiger partial charge in [0.15, 0.2) is 0 Å². The number of unbranched alkanes of at least 4 members (excludes halogenated alkanes) is 4. The molecule has 10 heteroatoms. The molecule has 1 aliphatic heterocycles. The molecule has 1 aromatic carbocycles. The third kappa shape index (κ3) is 8.49. The van der Waals surface area contributed by atoms with E-state index in [4.69, 9.17) is 0 Å². The molecule has 36 heavy (non-hydrogen) atoms. The Morgan fingerprint density at radius 2 is 1.75 bits per heavy atom. The van der Waals surface area contributed by atoms with Crippen LogP contribution in [0, 0.1) is 16.0 Å². The Balaban J connectivity index is 1.94. The molecule has 3 atom stereocenters. The number of non-ortho nitro benzene ring substituents is 1. The van der Waals surface area contributed by atoms with Crippen LogP contribution in [-0.2, 0) is 9.59 Å². The van der Waals surface area contributed by atoms with Crippen molar-refractivity contribution < 1.29 is 19.3 Å². The van der Waals surface area contributed by atoms with Crippen molar-refractivity contribution in [3.63, 3.8) is 0 Å². The van der Waals surface area contributed by atoms with Gasteiger partial charge in [-0.2, -0.15) is 0 Å². The zero-order chi connectivity index (χ0) is 26.7. The van der Waals surface area contributed by atoms with Crippen molar-refractivity contribution >= 4 is 29.2 Å². The SMILES string of the molecule is CCCCCCCC(=O)N1CCN(C(=O)C(NC(=O)Nc2ccc([N+](=O)[O-])cc2)C(C)CC)CC1C. The molecule has 0 aliphatic carbocycles. The molecule has 1 fully saturated rings. The summed E-state index contributed by atoms with van der Waals surface area (Å²) in [5.41, 5.74) is 0.320. The third-order valence-electron chi connectivity index (χ3n) is 6.86. The fourth-order valence-corrected chi connectivity index (χ4v) is 4.41. The van der Waals surface area contributed by atoms with Gasteiger partial charge in [0.2, 0.25) is 11.8 Å². The number of nitro benzene ring substituents is 1. The van der Waals surface area contributed by atoms with Gasteiger partial charge in [0.1, 0.15) is 6.04 Å². The number of anilines is 1. The van der Waals surface area contributed by atoms with Gasteiger partial charge in [-0.3, -0.25) is 19.7 Å². The van der Waals surface area contributed by atoms with Crippen LogP contribution in [0.2, 0.25) is 0 Å². The van der Waals surface area contributed by atoms with Gasteiger partial charge in [0.25, 0.3) is 5.69 Å². The number of carbonyl (C=O) groups excluding carboxylic acids is 3. The molecule has 0 bridgehead atoms. The first-order valence-electron chi connectivity index (χ1n) is 13.1. The number of benzene rings is 1. The molecule has 1 aliphatic rings. The van der Waals surface area contributed by atoms with Gasteiger partial charge in [0.05, 0.1) is 4.92 Å². The number of nitro groups is 1. The molecule has 0 saturated carbocycles. The Morgan fingerprint density at radius 1 is 1.08 bits per heavy atom. The Kier molecular flexibility index (Phi) is 11.6. The zero-order valence-electron chi connectivity index (χ0n) is 22.0. The first kappa shape index (κ1) is 29.1. The number of hydrogen-bond donors (Lipinski definition) is 2. The fourth-order valence-electron chi connectivity index (χ4n) is 4.41. The lowest BCUT2D eigenvalue weighted by Gasteiger charge is -2.41. The van der Waals surface area contributed by atoms with Gasteiger partial charge in [-0.1, -0.05) is 52.9 Å². The maximum Gasteiger partial charge on any atom is 0.319 e. The minimum Gasteiger partial charge on any atom is -0.337 e. The number of hydrogen-bond acceptors (Lipinski definition) is 5. The van der Waals surface area contributed by atoms with Gasteiger partial charge in [0, 0.05) is 49.9 Å². The number of urea groups is 1. The average molecular weight is 504 g/mol. The largest absolute Gasteiger partial charge is 0.337 e. The summed E-state index contributed by atoms with van der Waals surface area (Å²) >= 11 is 0. The van der Waals surface area contributed by atoms with Crippen LogP contribution in [0.15, 0.2) is 24.3 Å². The number of nitrogens with zero attached hydrogens (tertiary/aromatic N) is 3. The number of carbonyl (C=O) groups is 3. The van der Waals surface area contributed by atoms with Crippen LogP contribution >= 0.6 is 0 Å². The van der Waals surface area contributed by atoms with Crippen molar-refractivity contribution in [2.45, 2.75) is 84.7 Å². The molecular formula is C26H41N5O5. The second-order valence-electron chi connectivity index (χ2n) is 9.65. The summed E-state index contributed by atoms with van der Waals surface area (Å²) in [5.74, 6) is -0.120. The summed E-state index contributed by atoms with van der Waals surface area (Å²) in [5, 5.41) is 16.2. The molecule has 4 amide bonds. The second kappa shape index (κ2) is 14.4. The van der Waals surface area contributed by atoms with E-state index < -0.39 is 17.0 Å². The summed E-state index contributed by atoms with van der Waals surface area (Å²) in [4.78, 5) is 52.7. The van der Waals surface area contributed by atoms with Gasteiger partial charge in [-0.25, -0.2) is 4.79 Å². The molecular weight excluding hydrogens is 462 g/mol. The molecule has 2 rings (SSSR count). The number of amides is 4. The third-order valence-corrected chi connectivity index (χ3v) is 6.86. The van der Waals surface area contributed by atoms with E-state index in [0.717, 1.165) is 19.3 Å². The lowest BCUT2D eigenvalue weighted by Crippen LogP contribution is -2.60. The first-order chi connectivity index (χ1) is 17.2. The fraction of sp³-hybridized carbons (Fsp3) is 0.654. The van der Waals surface area contributed by atoms with E-state index in [2.05, 4.69) is 17.6 Å². The average Bonchev–Trinajstić information content (AvgIpc) is 2.86. The molecule has 3 unspecified atom stereocenters. The summed E-state index contributed by atoms with van der Waals surface area (Å²) in [6, 6.07) is 4.14. The van der Waals surface area contributed by atoms with Crippen LogP contribution in [0.4, 0.5) is 16.2 Å². The van der Waals surface area contributed by atoms with Crippen molar-refractivity contribution in [2.24, 2.45) is 5.92 Å². The molecule has 2 N–H and O–H groups in total. The quantitative estimate of drug-likeness (QED) is 0.246. The van der Waals surface area contributed by atoms with E-state index in [-0.39, 0.29) is 29.5 Å². The summed E-state index contributed by atoms with van der Waals surface area (Å²) in [7, 11) is 0. The van der Waals surface area contributed by atoms with Crippen LogP contribution < -0.4 is 10.6 Å². The summed E-state index contributed by atoms with van der Waals surface area (Å²) in [6.45, 7) is 9.35.